The van der Waals surface area contributed by atoms with Crippen LogP contribution >= 0.6 is 17.0 Å². The molecule has 1 unspecified atom stereocenters. The molecule has 0 saturated heterocycles. The Morgan fingerprint density at radius 1 is 1.57 bits per heavy atom. The number of carbonyl (C=O) groups is 1. The number of esters is 1. The van der Waals surface area contributed by atoms with Crippen LogP contribution in [0.25, 0.3) is 0 Å². The molecule has 0 rings (SSSR count). The Labute approximate surface area is 92.8 Å². The Morgan fingerprint density at radius 2 is 2.07 bits per heavy atom. The largest absolute Gasteiger partial charge is 0.468 e. The summed E-state index contributed by atoms with van der Waals surface area (Å²) in [7, 11) is 1.13. The number of methoxy groups -OCH3 is 1. The van der Waals surface area contributed by atoms with E-state index in [1.165, 1.54) is 0 Å². The zero-order valence-corrected chi connectivity index (χ0v) is 9.97. The number of hydrogen-bond acceptors (Lipinski definition) is 3. The molecule has 0 amide bonds. The van der Waals surface area contributed by atoms with Crippen molar-refractivity contribution in [3.05, 3.63) is 0 Å². The van der Waals surface area contributed by atoms with E-state index < -0.39 is 24.4 Å². The highest BCUT2D eigenvalue weighted by atomic mass is 79.9. The van der Waals surface area contributed by atoms with Gasteiger partial charge in [-0.2, -0.15) is 0 Å². The van der Waals surface area contributed by atoms with Gasteiger partial charge in [-0.25, -0.2) is 8.78 Å². The van der Waals surface area contributed by atoms with Crippen LogP contribution in [0.3, 0.4) is 0 Å². The van der Waals surface area contributed by atoms with Gasteiger partial charge >= 0.3 is 5.97 Å². The quantitative estimate of drug-likeness (QED) is 0.780. The number of alkyl halides is 2. The maximum atomic E-state index is 12.9. The average Bonchev–Trinajstić information content (AvgIpc) is 2.01. The van der Waals surface area contributed by atoms with Gasteiger partial charge in [0, 0.05) is 12.8 Å². The van der Waals surface area contributed by atoms with Crippen molar-refractivity contribution in [1.29, 1.82) is 0 Å². The van der Waals surface area contributed by atoms with E-state index in [4.69, 9.17) is 5.73 Å². The average molecular weight is 276 g/mol. The van der Waals surface area contributed by atoms with Crippen LogP contribution in [0.2, 0.25) is 0 Å². The highest BCUT2D eigenvalue weighted by Gasteiger charge is 2.33. The van der Waals surface area contributed by atoms with Gasteiger partial charge in [0.1, 0.15) is 6.04 Å². The first-order valence-corrected chi connectivity index (χ1v) is 4.14. The Morgan fingerprint density at radius 3 is 2.43 bits per heavy atom. The lowest BCUT2D eigenvalue weighted by molar-refractivity contribution is -0.145. The Balaban J connectivity index is 0. The van der Waals surface area contributed by atoms with E-state index in [1.807, 2.05) is 0 Å². The number of ether oxygens (including phenoxy) is 1. The fourth-order valence-electron chi connectivity index (χ4n) is 1.02. The Hall–Kier alpha value is -0.230. The number of halogens is 3. The molecule has 0 saturated carbocycles. The van der Waals surface area contributed by atoms with Crippen LogP contribution in [0.1, 0.15) is 26.2 Å². The zero-order chi connectivity index (χ0) is 10.5. The lowest BCUT2D eigenvalue weighted by Crippen LogP contribution is -2.37. The molecular weight excluding hydrogens is 260 g/mol. The highest BCUT2D eigenvalue weighted by Crippen LogP contribution is 2.25. The number of rotatable bonds is 5. The van der Waals surface area contributed by atoms with Crippen LogP contribution in [0.5, 0.6) is 0 Å². The molecule has 0 spiro atoms. The minimum Gasteiger partial charge on any atom is -0.468 e. The standard InChI is InChI=1S/C8H15F2NO2.BrH/c1-3-4-8(9,10)5-6(11)7(12)13-2;/h6H,3-5,11H2,1-2H3;1H. The highest BCUT2D eigenvalue weighted by molar-refractivity contribution is 8.93. The van der Waals surface area contributed by atoms with Gasteiger partial charge in [-0.3, -0.25) is 4.79 Å². The summed E-state index contributed by atoms with van der Waals surface area (Å²) in [5.41, 5.74) is 5.19. The van der Waals surface area contributed by atoms with Crippen LogP contribution in [0.15, 0.2) is 0 Å². The summed E-state index contributed by atoms with van der Waals surface area (Å²) in [5.74, 6) is -3.67. The lowest BCUT2D eigenvalue weighted by atomic mass is 10.1. The Kier molecular flexibility index (Phi) is 8.24. The monoisotopic (exact) mass is 275 g/mol. The molecule has 86 valence electrons. The van der Waals surface area contributed by atoms with Gasteiger partial charge in [0.15, 0.2) is 0 Å². The molecule has 3 nitrogen and oxygen atoms in total. The van der Waals surface area contributed by atoms with Gasteiger partial charge < -0.3 is 10.5 Å². The third kappa shape index (κ3) is 6.26. The maximum absolute atomic E-state index is 12.9. The molecule has 2 N–H and O–H groups in total. The van der Waals surface area contributed by atoms with E-state index >= 15 is 0 Å². The van der Waals surface area contributed by atoms with Crippen molar-refractivity contribution in [3.8, 4) is 0 Å². The molecule has 0 radical (unpaired) electrons. The number of hydrogen-bond donors (Lipinski definition) is 1. The summed E-state index contributed by atoms with van der Waals surface area (Å²) < 4.78 is 30.0. The second-order valence-corrected chi connectivity index (χ2v) is 2.94. The summed E-state index contributed by atoms with van der Waals surface area (Å²) in [6.45, 7) is 1.65. The van der Waals surface area contributed by atoms with E-state index in [0.717, 1.165) is 7.11 Å². The molecule has 1 atom stereocenters. The van der Waals surface area contributed by atoms with Crippen LogP contribution in [-0.2, 0) is 9.53 Å². The van der Waals surface area contributed by atoms with Crippen molar-refractivity contribution >= 4 is 23.0 Å². The molecule has 0 aromatic heterocycles. The van der Waals surface area contributed by atoms with Crippen LogP contribution < -0.4 is 5.73 Å². The van der Waals surface area contributed by atoms with Crippen LogP contribution in [0.4, 0.5) is 8.78 Å². The molecule has 0 heterocycles. The SMILES string of the molecule is Br.CCCC(F)(F)CC(N)C(=O)OC. The fourth-order valence-corrected chi connectivity index (χ4v) is 1.02. The fraction of sp³-hybridized carbons (Fsp3) is 0.875. The maximum Gasteiger partial charge on any atom is 0.322 e. The second kappa shape index (κ2) is 7.11. The van der Waals surface area contributed by atoms with Crippen molar-refractivity contribution in [2.75, 3.05) is 7.11 Å². The van der Waals surface area contributed by atoms with E-state index in [1.54, 1.807) is 6.92 Å². The van der Waals surface area contributed by atoms with Crippen LogP contribution in [-0.4, -0.2) is 25.0 Å². The number of nitrogens with two attached hydrogens (primary N) is 1. The summed E-state index contributed by atoms with van der Waals surface area (Å²) >= 11 is 0. The predicted molar refractivity (Wildman–Crippen MR) is 54.8 cm³/mol. The summed E-state index contributed by atoms with van der Waals surface area (Å²) in [5, 5.41) is 0. The van der Waals surface area contributed by atoms with Crippen molar-refractivity contribution in [2.24, 2.45) is 5.73 Å². The van der Waals surface area contributed by atoms with Gasteiger partial charge in [-0.15, -0.1) is 17.0 Å². The van der Waals surface area contributed by atoms with Gasteiger partial charge in [0.2, 0.25) is 5.92 Å². The zero-order valence-electron chi connectivity index (χ0n) is 8.26. The van der Waals surface area contributed by atoms with Gasteiger partial charge in [0.25, 0.3) is 0 Å². The predicted octanol–water partition coefficient (Wildman–Crippen LogP) is 1.89. The summed E-state index contributed by atoms with van der Waals surface area (Å²) in [4.78, 5) is 10.7. The topological polar surface area (TPSA) is 52.3 Å². The third-order valence-corrected chi connectivity index (χ3v) is 1.64. The first-order chi connectivity index (χ1) is 5.93. The minimum atomic E-state index is -2.87. The second-order valence-electron chi connectivity index (χ2n) is 2.94. The smallest absolute Gasteiger partial charge is 0.322 e. The lowest BCUT2D eigenvalue weighted by Gasteiger charge is -2.18. The minimum absolute atomic E-state index is 0. The summed E-state index contributed by atoms with van der Waals surface area (Å²) in [6, 6.07) is -1.23. The Bertz CT molecular complexity index is 179. The molecule has 0 aromatic carbocycles. The molecule has 0 fully saturated rings. The van der Waals surface area contributed by atoms with E-state index in [9.17, 15) is 13.6 Å². The molecular formula is C8H16BrF2NO2. The normalized spacial score (nSPS) is 12.9. The third-order valence-electron chi connectivity index (χ3n) is 1.64. The van der Waals surface area contributed by atoms with Gasteiger partial charge in [-0.1, -0.05) is 13.3 Å². The van der Waals surface area contributed by atoms with E-state index in [-0.39, 0.29) is 23.4 Å². The molecule has 0 bridgehead atoms. The van der Waals surface area contributed by atoms with E-state index in [2.05, 4.69) is 4.74 Å². The first-order valence-electron chi connectivity index (χ1n) is 4.14. The summed E-state index contributed by atoms with van der Waals surface area (Å²) in [6.07, 6.45) is -0.536. The van der Waals surface area contributed by atoms with E-state index in [0.29, 0.717) is 6.42 Å². The molecule has 0 aliphatic heterocycles. The molecule has 0 aromatic rings. The van der Waals surface area contributed by atoms with Crippen molar-refractivity contribution in [2.45, 2.75) is 38.2 Å². The molecule has 6 heteroatoms. The molecule has 0 aliphatic carbocycles. The van der Waals surface area contributed by atoms with Crippen molar-refractivity contribution < 1.29 is 18.3 Å². The first kappa shape index (κ1) is 16.2. The van der Waals surface area contributed by atoms with Crippen molar-refractivity contribution in [1.82, 2.24) is 0 Å². The van der Waals surface area contributed by atoms with Crippen LogP contribution in [0, 0.1) is 0 Å². The van der Waals surface area contributed by atoms with Gasteiger partial charge in [0.05, 0.1) is 7.11 Å². The number of carbonyl (C=O) groups excluding carboxylic acids is 1. The van der Waals surface area contributed by atoms with Gasteiger partial charge in [-0.05, 0) is 0 Å². The van der Waals surface area contributed by atoms with Crippen molar-refractivity contribution in [3.63, 3.8) is 0 Å². The molecule has 0 aliphatic rings. The molecule has 14 heavy (non-hydrogen) atoms.